The largest absolute Gasteiger partial charge is 0.0999 e. The minimum atomic E-state index is 0. The van der Waals surface area contributed by atoms with Crippen LogP contribution >= 0.6 is 0 Å². The van der Waals surface area contributed by atoms with E-state index >= 15 is 0 Å². The standard InChI is InChI=1S/C38H76.Ti/c1-4-6-8-10-12-14-16-18-20-22-24-26-28-30-32-34-36-38(3)37-35-33-31-29-27-25-23-21-19-17-15-13-11-9-7-5-2;/h3-37H2,1-2H3;. The third-order valence-electron chi connectivity index (χ3n) is 8.77. The van der Waals surface area contributed by atoms with E-state index in [1.165, 1.54) is 224 Å². The molecule has 0 unspecified atom stereocenters. The SMILES string of the molecule is C=C(CCCCCCCCCCCCCCCCCC)CCCCCCCCCCCCCCCCCC.[Ti]. The molecule has 0 fully saturated rings. The van der Waals surface area contributed by atoms with Crippen molar-refractivity contribution in [1.29, 1.82) is 0 Å². The van der Waals surface area contributed by atoms with Crippen LogP contribution in [0.25, 0.3) is 0 Å². The van der Waals surface area contributed by atoms with Gasteiger partial charge in [0.25, 0.3) is 0 Å². The van der Waals surface area contributed by atoms with Crippen molar-refractivity contribution in [3.8, 4) is 0 Å². The first-order valence-electron chi connectivity index (χ1n) is 18.5. The molecule has 0 aromatic carbocycles. The number of hydrogen-bond acceptors (Lipinski definition) is 0. The molecule has 232 valence electrons. The molecule has 39 heavy (non-hydrogen) atoms. The van der Waals surface area contributed by atoms with Crippen LogP contribution in [0.4, 0.5) is 0 Å². The van der Waals surface area contributed by atoms with E-state index in [9.17, 15) is 0 Å². The second-order valence-corrected chi connectivity index (χ2v) is 12.9. The predicted molar refractivity (Wildman–Crippen MR) is 177 cm³/mol. The van der Waals surface area contributed by atoms with Crippen LogP contribution < -0.4 is 0 Å². The Labute approximate surface area is 265 Å². The molecule has 0 amide bonds. The van der Waals surface area contributed by atoms with Crippen LogP contribution in [0, 0.1) is 0 Å². The average Bonchev–Trinajstić information content (AvgIpc) is 2.92. The summed E-state index contributed by atoms with van der Waals surface area (Å²) in [5.74, 6) is 0. The third kappa shape index (κ3) is 38.5. The van der Waals surface area contributed by atoms with E-state index in [0.717, 1.165) is 0 Å². The molecule has 0 aliphatic heterocycles. The average molecular weight is 581 g/mol. The van der Waals surface area contributed by atoms with Gasteiger partial charge in [-0.25, -0.2) is 0 Å². The summed E-state index contributed by atoms with van der Waals surface area (Å²) in [6, 6.07) is 0. The van der Waals surface area contributed by atoms with Crippen LogP contribution in [-0.2, 0) is 21.7 Å². The summed E-state index contributed by atoms with van der Waals surface area (Å²) in [5, 5.41) is 0. The van der Waals surface area contributed by atoms with Crippen molar-refractivity contribution < 1.29 is 21.7 Å². The van der Waals surface area contributed by atoms with Crippen molar-refractivity contribution in [3.63, 3.8) is 0 Å². The van der Waals surface area contributed by atoms with Crippen LogP contribution in [0.3, 0.4) is 0 Å². The second kappa shape index (κ2) is 38.5. The van der Waals surface area contributed by atoms with Crippen molar-refractivity contribution in [2.75, 3.05) is 0 Å². The zero-order valence-corrected chi connectivity index (χ0v) is 29.3. The van der Waals surface area contributed by atoms with Gasteiger partial charge in [-0.3, -0.25) is 0 Å². The molecule has 0 saturated heterocycles. The molecule has 0 heterocycles. The van der Waals surface area contributed by atoms with Crippen molar-refractivity contribution >= 4 is 0 Å². The van der Waals surface area contributed by atoms with Gasteiger partial charge in [0.05, 0.1) is 0 Å². The fourth-order valence-corrected chi connectivity index (χ4v) is 5.97. The fraction of sp³-hybridized carbons (Fsp3) is 0.947. The summed E-state index contributed by atoms with van der Waals surface area (Å²) in [6.45, 7) is 8.98. The van der Waals surface area contributed by atoms with E-state index in [1.807, 2.05) is 0 Å². The van der Waals surface area contributed by atoms with Crippen molar-refractivity contribution in [1.82, 2.24) is 0 Å². The molecule has 0 aromatic rings. The number of rotatable bonds is 34. The molecule has 0 atom stereocenters. The molecule has 1 heteroatoms. The molecule has 0 aromatic heterocycles. The zero-order valence-electron chi connectivity index (χ0n) is 27.7. The molecule has 0 bridgehead atoms. The van der Waals surface area contributed by atoms with Gasteiger partial charge in [-0.15, -0.1) is 0 Å². The van der Waals surface area contributed by atoms with Crippen molar-refractivity contribution in [3.05, 3.63) is 12.2 Å². The van der Waals surface area contributed by atoms with Gasteiger partial charge in [-0.05, 0) is 25.7 Å². The Hall–Kier alpha value is 0.454. The van der Waals surface area contributed by atoms with Crippen LogP contribution in [0.5, 0.6) is 0 Å². The van der Waals surface area contributed by atoms with E-state index in [-0.39, 0.29) is 21.7 Å². The Balaban J connectivity index is 0. The maximum absolute atomic E-state index is 4.37. The molecule has 0 nitrogen and oxygen atoms in total. The Morgan fingerprint density at radius 3 is 0.615 bits per heavy atom. The normalized spacial score (nSPS) is 11.1. The van der Waals surface area contributed by atoms with Gasteiger partial charge in [-0.2, -0.15) is 0 Å². The number of allylic oxidation sites excluding steroid dienone is 1. The molecule has 0 radical (unpaired) electrons. The van der Waals surface area contributed by atoms with Gasteiger partial charge in [0.2, 0.25) is 0 Å². The summed E-state index contributed by atoms with van der Waals surface area (Å²) in [7, 11) is 0. The van der Waals surface area contributed by atoms with Gasteiger partial charge in [-0.1, -0.05) is 219 Å². The summed E-state index contributed by atoms with van der Waals surface area (Å²) < 4.78 is 0. The van der Waals surface area contributed by atoms with Crippen LogP contribution in [0.15, 0.2) is 12.2 Å². The summed E-state index contributed by atoms with van der Waals surface area (Å²) in [5.41, 5.74) is 1.53. The van der Waals surface area contributed by atoms with E-state index in [0.29, 0.717) is 0 Å². The third-order valence-corrected chi connectivity index (χ3v) is 8.77. The Morgan fingerprint density at radius 1 is 0.282 bits per heavy atom. The monoisotopic (exact) mass is 581 g/mol. The first-order valence-corrected chi connectivity index (χ1v) is 18.5. The molecule has 0 saturated carbocycles. The van der Waals surface area contributed by atoms with Crippen molar-refractivity contribution in [2.45, 2.75) is 232 Å². The van der Waals surface area contributed by atoms with Crippen LogP contribution in [-0.4, -0.2) is 0 Å². The quantitative estimate of drug-likeness (QED) is 0.0403. The molecule has 0 aliphatic rings. The Morgan fingerprint density at radius 2 is 0.436 bits per heavy atom. The first-order chi connectivity index (χ1) is 18.8. The maximum Gasteiger partial charge on any atom is 0 e. The minimum absolute atomic E-state index is 0. The second-order valence-electron chi connectivity index (χ2n) is 12.9. The number of unbranched alkanes of at least 4 members (excludes halogenated alkanes) is 30. The van der Waals surface area contributed by atoms with Gasteiger partial charge >= 0.3 is 0 Å². The smallest absolute Gasteiger partial charge is 0 e. The molecular formula is C38H76Ti. The van der Waals surface area contributed by atoms with Crippen molar-refractivity contribution in [2.24, 2.45) is 0 Å². The van der Waals surface area contributed by atoms with Gasteiger partial charge in [0.15, 0.2) is 0 Å². The summed E-state index contributed by atoms with van der Waals surface area (Å²) in [6.07, 6.45) is 49.2. The molecule has 0 N–H and O–H groups in total. The summed E-state index contributed by atoms with van der Waals surface area (Å²) >= 11 is 0. The van der Waals surface area contributed by atoms with Gasteiger partial charge in [0.1, 0.15) is 0 Å². The molecule has 0 spiro atoms. The Kier molecular flexibility index (Phi) is 41.0. The topological polar surface area (TPSA) is 0 Å². The van der Waals surface area contributed by atoms with E-state index in [4.69, 9.17) is 0 Å². The van der Waals surface area contributed by atoms with Crippen LogP contribution in [0.1, 0.15) is 232 Å². The van der Waals surface area contributed by atoms with Gasteiger partial charge < -0.3 is 0 Å². The van der Waals surface area contributed by atoms with E-state index in [1.54, 1.807) is 0 Å². The van der Waals surface area contributed by atoms with Gasteiger partial charge in [0, 0.05) is 21.7 Å². The summed E-state index contributed by atoms with van der Waals surface area (Å²) in [4.78, 5) is 0. The van der Waals surface area contributed by atoms with Crippen LogP contribution in [0.2, 0.25) is 0 Å². The first kappa shape index (κ1) is 41.6. The zero-order chi connectivity index (χ0) is 27.6. The number of hydrogen-bond donors (Lipinski definition) is 0. The molecular weight excluding hydrogens is 504 g/mol. The Bertz CT molecular complexity index is 390. The maximum atomic E-state index is 4.37. The molecule has 0 rings (SSSR count). The van der Waals surface area contributed by atoms with E-state index in [2.05, 4.69) is 20.4 Å². The minimum Gasteiger partial charge on any atom is -0.0999 e. The fourth-order valence-electron chi connectivity index (χ4n) is 5.97. The molecule has 0 aliphatic carbocycles. The predicted octanol–water partition coefficient (Wildman–Crippen LogP) is 14.8. The van der Waals surface area contributed by atoms with E-state index < -0.39 is 0 Å².